The molecule has 7 nitrogen and oxygen atoms in total. The number of para-hydroxylation sites is 1. The van der Waals surface area contributed by atoms with Crippen molar-refractivity contribution in [1.82, 2.24) is 4.90 Å². The van der Waals surface area contributed by atoms with E-state index in [-0.39, 0.29) is 23.8 Å². The third-order valence-electron chi connectivity index (χ3n) is 7.08. The van der Waals surface area contributed by atoms with E-state index in [0.29, 0.717) is 19.4 Å². The number of hydrogen-bond donors (Lipinski definition) is 2. The minimum atomic E-state index is -1.27. The number of carboxylic acids is 1. The Morgan fingerprint density at radius 2 is 1.57 bits per heavy atom. The molecule has 0 bridgehead atoms. The maximum absolute atomic E-state index is 13.3. The molecule has 7 heteroatoms. The minimum Gasteiger partial charge on any atom is -0.480 e. The third-order valence-corrected chi connectivity index (χ3v) is 7.08. The van der Waals surface area contributed by atoms with Crippen LogP contribution in [0.15, 0.2) is 72.8 Å². The van der Waals surface area contributed by atoms with Gasteiger partial charge in [0.05, 0.1) is 11.3 Å². The van der Waals surface area contributed by atoms with Crippen LogP contribution in [0.1, 0.15) is 47.2 Å². The second-order valence-corrected chi connectivity index (χ2v) is 9.14. The van der Waals surface area contributed by atoms with Gasteiger partial charge in [-0.3, -0.25) is 10.1 Å². The Labute approximate surface area is 203 Å². The van der Waals surface area contributed by atoms with E-state index in [4.69, 9.17) is 4.74 Å². The fourth-order valence-electron chi connectivity index (χ4n) is 5.18. The Morgan fingerprint density at radius 3 is 2.23 bits per heavy atom. The minimum absolute atomic E-state index is 0.0779. The average molecular weight is 471 g/mol. The van der Waals surface area contributed by atoms with Crippen molar-refractivity contribution in [2.24, 2.45) is 0 Å². The standard InChI is InChI=1S/C28H26N2O5/c1-28(26(32)33)15-8-16-30(28)25(31)22-13-6-7-14-24(22)29-27(34)35-17-23-20-11-4-2-9-18(20)19-10-3-5-12-21(19)23/h2-7,9-14,23H,8,15-17H2,1H3,(H,29,34)(H,32,33)/t28-/m0/s1. The number of nitrogens with zero attached hydrogens (tertiary/aromatic N) is 1. The molecular formula is C28H26N2O5. The molecule has 0 saturated carbocycles. The number of anilines is 1. The Balaban J connectivity index is 1.32. The first kappa shape index (κ1) is 22.7. The molecule has 0 unspecified atom stereocenters. The molecule has 1 fully saturated rings. The highest BCUT2D eigenvalue weighted by molar-refractivity contribution is 6.04. The molecular weight excluding hydrogens is 444 g/mol. The molecule has 1 heterocycles. The van der Waals surface area contributed by atoms with Crippen LogP contribution in [-0.2, 0) is 9.53 Å². The van der Waals surface area contributed by atoms with E-state index in [2.05, 4.69) is 17.4 Å². The number of aliphatic carboxylic acids is 1. The maximum atomic E-state index is 13.3. The lowest BCUT2D eigenvalue weighted by atomic mass is 9.98. The molecule has 1 aliphatic heterocycles. The van der Waals surface area contributed by atoms with E-state index in [0.717, 1.165) is 22.3 Å². The Kier molecular flexibility index (Phi) is 5.76. The van der Waals surface area contributed by atoms with Gasteiger partial charge in [0.25, 0.3) is 5.91 Å². The van der Waals surface area contributed by atoms with Crippen LogP contribution in [0.5, 0.6) is 0 Å². The summed E-state index contributed by atoms with van der Waals surface area (Å²) >= 11 is 0. The Hall–Kier alpha value is -4.13. The van der Waals surface area contributed by atoms with Gasteiger partial charge in [-0.05, 0) is 54.2 Å². The van der Waals surface area contributed by atoms with Crippen LogP contribution in [0.2, 0.25) is 0 Å². The first-order valence-corrected chi connectivity index (χ1v) is 11.7. The van der Waals surface area contributed by atoms with Crippen LogP contribution >= 0.6 is 0 Å². The molecule has 3 aromatic rings. The van der Waals surface area contributed by atoms with Crippen molar-refractivity contribution >= 4 is 23.7 Å². The summed E-state index contributed by atoms with van der Waals surface area (Å²) in [6.45, 7) is 2.06. The van der Waals surface area contributed by atoms with Gasteiger partial charge in [-0.2, -0.15) is 0 Å². The van der Waals surface area contributed by atoms with Gasteiger partial charge in [0, 0.05) is 12.5 Å². The van der Waals surface area contributed by atoms with Crippen molar-refractivity contribution in [3.05, 3.63) is 89.5 Å². The second kappa shape index (κ2) is 8.91. The highest BCUT2D eigenvalue weighted by Gasteiger charge is 2.46. The topological polar surface area (TPSA) is 95.9 Å². The zero-order valence-corrected chi connectivity index (χ0v) is 19.4. The molecule has 0 spiro atoms. The zero-order valence-electron chi connectivity index (χ0n) is 19.4. The summed E-state index contributed by atoms with van der Waals surface area (Å²) in [7, 11) is 0. The Morgan fingerprint density at radius 1 is 0.971 bits per heavy atom. The molecule has 0 aromatic heterocycles. The van der Waals surface area contributed by atoms with Gasteiger partial charge in [-0.15, -0.1) is 0 Å². The van der Waals surface area contributed by atoms with Gasteiger partial charge >= 0.3 is 12.1 Å². The monoisotopic (exact) mass is 470 g/mol. The van der Waals surface area contributed by atoms with E-state index in [1.165, 1.54) is 4.90 Å². The van der Waals surface area contributed by atoms with Crippen molar-refractivity contribution in [2.75, 3.05) is 18.5 Å². The van der Waals surface area contributed by atoms with E-state index in [1.807, 2.05) is 36.4 Å². The number of hydrogen-bond acceptors (Lipinski definition) is 4. The molecule has 5 rings (SSSR count). The number of benzene rings is 3. The molecule has 3 aromatic carbocycles. The van der Waals surface area contributed by atoms with Crippen LogP contribution in [0.3, 0.4) is 0 Å². The Bertz CT molecular complexity index is 1270. The number of rotatable bonds is 5. The lowest BCUT2D eigenvalue weighted by Crippen LogP contribution is -2.50. The number of nitrogens with one attached hydrogen (secondary N) is 1. The number of carboxylic acid groups (broad SMARTS) is 1. The number of fused-ring (bicyclic) bond motifs is 3. The smallest absolute Gasteiger partial charge is 0.411 e. The van der Waals surface area contributed by atoms with Gasteiger partial charge in [-0.25, -0.2) is 9.59 Å². The molecule has 2 amide bonds. The van der Waals surface area contributed by atoms with Crippen molar-refractivity contribution in [1.29, 1.82) is 0 Å². The largest absolute Gasteiger partial charge is 0.480 e. The highest BCUT2D eigenvalue weighted by Crippen LogP contribution is 2.44. The van der Waals surface area contributed by atoms with Gasteiger partial charge in [-0.1, -0.05) is 60.7 Å². The summed E-state index contributed by atoms with van der Waals surface area (Å²) in [5, 5.41) is 12.4. The molecule has 35 heavy (non-hydrogen) atoms. The summed E-state index contributed by atoms with van der Waals surface area (Å²) in [6, 6.07) is 22.8. The van der Waals surface area contributed by atoms with Gasteiger partial charge < -0.3 is 14.7 Å². The second-order valence-electron chi connectivity index (χ2n) is 9.14. The summed E-state index contributed by atoms with van der Waals surface area (Å²) < 4.78 is 5.61. The van der Waals surface area contributed by atoms with Crippen molar-refractivity contribution in [3.8, 4) is 11.1 Å². The quantitative estimate of drug-likeness (QED) is 0.539. The first-order chi connectivity index (χ1) is 16.9. The van der Waals surface area contributed by atoms with Crippen molar-refractivity contribution in [3.63, 3.8) is 0 Å². The molecule has 1 atom stereocenters. The molecule has 0 radical (unpaired) electrons. The normalized spacial score (nSPS) is 18.6. The highest BCUT2D eigenvalue weighted by atomic mass is 16.5. The van der Waals surface area contributed by atoms with Gasteiger partial charge in [0.2, 0.25) is 0 Å². The predicted octanol–water partition coefficient (Wildman–Crippen LogP) is 5.13. The summed E-state index contributed by atoms with van der Waals surface area (Å²) in [4.78, 5) is 39.3. The molecule has 1 aliphatic carbocycles. The summed E-state index contributed by atoms with van der Waals surface area (Å²) in [5.74, 6) is -1.54. The number of likely N-dealkylation sites (tertiary alicyclic amines) is 1. The fraction of sp³-hybridized carbons (Fsp3) is 0.250. The third kappa shape index (κ3) is 3.93. The molecule has 2 aliphatic rings. The van der Waals surface area contributed by atoms with Gasteiger partial charge in [0.1, 0.15) is 12.1 Å². The van der Waals surface area contributed by atoms with Crippen molar-refractivity contribution < 1.29 is 24.2 Å². The number of amides is 2. The van der Waals surface area contributed by atoms with Crippen LogP contribution in [0.4, 0.5) is 10.5 Å². The molecule has 2 N–H and O–H groups in total. The lowest BCUT2D eigenvalue weighted by Gasteiger charge is -2.31. The summed E-state index contributed by atoms with van der Waals surface area (Å²) in [5.41, 5.74) is 3.75. The number of carbonyl (C=O) groups excluding carboxylic acids is 2. The summed E-state index contributed by atoms with van der Waals surface area (Å²) in [6.07, 6.45) is 0.321. The van der Waals surface area contributed by atoms with Crippen LogP contribution in [0.25, 0.3) is 11.1 Å². The van der Waals surface area contributed by atoms with E-state index >= 15 is 0 Å². The van der Waals surface area contributed by atoms with Gasteiger partial charge in [0.15, 0.2) is 0 Å². The van der Waals surface area contributed by atoms with Crippen LogP contribution in [0, 0.1) is 0 Å². The van der Waals surface area contributed by atoms with Crippen LogP contribution < -0.4 is 5.32 Å². The molecule has 1 saturated heterocycles. The van der Waals surface area contributed by atoms with Crippen LogP contribution in [-0.4, -0.2) is 46.7 Å². The zero-order chi connectivity index (χ0) is 24.6. The van der Waals surface area contributed by atoms with E-state index in [9.17, 15) is 19.5 Å². The SMILES string of the molecule is C[C@@]1(C(=O)O)CCCN1C(=O)c1ccccc1NC(=O)OCC1c2ccccc2-c2ccccc21. The maximum Gasteiger partial charge on any atom is 0.411 e. The average Bonchev–Trinajstić information content (AvgIpc) is 3.42. The van der Waals surface area contributed by atoms with Crippen molar-refractivity contribution in [2.45, 2.75) is 31.2 Å². The number of ether oxygens (including phenoxy) is 1. The number of carbonyl (C=O) groups is 3. The predicted molar refractivity (Wildman–Crippen MR) is 131 cm³/mol. The molecule has 178 valence electrons. The lowest BCUT2D eigenvalue weighted by molar-refractivity contribution is -0.147. The van der Waals surface area contributed by atoms with E-state index in [1.54, 1.807) is 31.2 Å². The fourth-order valence-corrected chi connectivity index (χ4v) is 5.18. The van der Waals surface area contributed by atoms with E-state index < -0.39 is 23.5 Å². The first-order valence-electron chi connectivity index (χ1n) is 11.7.